The number of alkyl halides is 1. The first-order valence-electron chi connectivity index (χ1n) is 4.84. The Hall–Kier alpha value is -0.0300. The molecule has 1 aromatic carbocycles. The van der Waals surface area contributed by atoms with E-state index in [0.29, 0.717) is 0 Å². The van der Waals surface area contributed by atoms with E-state index in [1.165, 1.54) is 0 Å². The molecule has 0 fully saturated rings. The standard InChI is InChI=1S/C12H9Br2ClOS/c1-16-8-4-2-3-7(5-8)11(13)10-6-9(15)12(14)17-10/h2-6,11H,1H3. The lowest BCUT2D eigenvalue weighted by Gasteiger charge is -2.09. The summed E-state index contributed by atoms with van der Waals surface area (Å²) in [4.78, 5) is 1.29. The molecule has 0 N–H and O–H groups in total. The summed E-state index contributed by atoms with van der Waals surface area (Å²) in [7, 11) is 1.67. The normalized spacial score (nSPS) is 12.5. The highest BCUT2D eigenvalue weighted by molar-refractivity contribution is 9.11. The van der Waals surface area contributed by atoms with Gasteiger partial charge in [-0.15, -0.1) is 11.3 Å². The van der Waals surface area contributed by atoms with Gasteiger partial charge in [-0.25, -0.2) is 0 Å². The predicted molar refractivity (Wildman–Crippen MR) is 80.8 cm³/mol. The largest absolute Gasteiger partial charge is 0.497 e. The van der Waals surface area contributed by atoms with Gasteiger partial charge in [-0.2, -0.15) is 0 Å². The van der Waals surface area contributed by atoms with Crippen molar-refractivity contribution in [2.45, 2.75) is 4.83 Å². The van der Waals surface area contributed by atoms with Gasteiger partial charge in [0, 0.05) is 4.88 Å². The summed E-state index contributed by atoms with van der Waals surface area (Å²) in [6.07, 6.45) is 0. The summed E-state index contributed by atoms with van der Waals surface area (Å²) in [5, 5.41) is 0.748. The molecule has 0 radical (unpaired) electrons. The lowest BCUT2D eigenvalue weighted by Crippen LogP contribution is -1.90. The first-order valence-corrected chi connectivity index (χ1v) is 7.75. The van der Waals surface area contributed by atoms with Crippen molar-refractivity contribution >= 4 is 54.8 Å². The third-order valence-electron chi connectivity index (χ3n) is 2.30. The molecule has 0 amide bonds. The first-order chi connectivity index (χ1) is 8.11. The van der Waals surface area contributed by atoms with E-state index in [9.17, 15) is 0 Å². The van der Waals surface area contributed by atoms with Crippen LogP contribution < -0.4 is 4.74 Å². The van der Waals surface area contributed by atoms with Crippen LogP contribution >= 0.6 is 54.8 Å². The van der Waals surface area contributed by atoms with Crippen molar-refractivity contribution in [3.05, 3.63) is 49.6 Å². The van der Waals surface area contributed by atoms with Gasteiger partial charge < -0.3 is 4.74 Å². The summed E-state index contributed by atoms with van der Waals surface area (Å²) in [5.41, 5.74) is 1.15. The number of hydrogen-bond donors (Lipinski definition) is 0. The fourth-order valence-electron chi connectivity index (χ4n) is 1.45. The maximum atomic E-state index is 6.04. The van der Waals surface area contributed by atoms with Crippen LogP contribution in [0.4, 0.5) is 0 Å². The highest BCUT2D eigenvalue weighted by atomic mass is 79.9. The van der Waals surface area contributed by atoms with Crippen molar-refractivity contribution in [2.24, 2.45) is 0 Å². The second-order valence-corrected chi connectivity index (χ2v) is 7.13. The highest BCUT2D eigenvalue weighted by Crippen LogP contribution is 2.41. The highest BCUT2D eigenvalue weighted by Gasteiger charge is 2.15. The average Bonchev–Trinajstić information content (AvgIpc) is 2.69. The van der Waals surface area contributed by atoms with Crippen LogP contribution in [0, 0.1) is 0 Å². The number of methoxy groups -OCH3 is 1. The van der Waals surface area contributed by atoms with Crippen LogP contribution in [0.3, 0.4) is 0 Å². The van der Waals surface area contributed by atoms with Crippen LogP contribution in [0.25, 0.3) is 0 Å². The second kappa shape index (κ2) is 5.74. The topological polar surface area (TPSA) is 9.23 Å². The van der Waals surface area contributed by atoms with Crippen molar-refractivity contribution in [2.75, 3.05) is 7.11 Å². The van der Waals surface area contributed by atoms with Crippen molar-refractivity contribution in [3.63, 3.8) is 0 Å². The van der Waals surface area contributed by atoms with Gasteiger partial charge in [0.05, 0.1) is 20.7 Å². The quantitative estimate of drug-likeness (QED) is 0.609. The van der Waals surface area contributed by atoms with Crippen LogP contribution in [0.5, 0.6) is 5.75 Å². The zero-order valence-corrected chi connectivity index (χ0v) is 13.7. The fraction of sp³-hybridized carbons (Fsp3) is 0.167. The van der Waals surface area contributed by atoms with E-state index in [4.69, 9.17) is 16.3 Å². The van der Waals surface area contributed by atoms with Crippen LogP contribution in [0.2, 0.25) is 5.02 Å². The Balaban J connectivity index is 2.32. The van der Waals surface area contributed by atoms with E-state index in [1.807, 2.05) is 24.3 Å². The van der Waals surface area contributed by atoms with Gasteiger partial charge in [-0.3, -0.25) is 0 Å². The first kappa shape index (κ1) is 13.4. The Morgan fingerprint density at radius 1 is 1.35 bits per heavy atom. The minimum Gasteiger partial charge on any atom is -0.497 e. The second-order valence-electron chi connectivity index (χ2n) is 3.41. The van der Waals surface area contributed by atoms with Crippen molar-refractivity contribution in [3.8, 4) is 5.75 Å². The summed E-state index contributed by atoms with van der Waals surface area (Å²) < 4.78 is 6.18. The molecule has 0 saturated heterocycles. The Morgan fingerprint density at radius 2 is 2.12 bits per heavy atom. The number of hydrogen-bond acceptors (Lipinski definition) is 2. The molecule has 1 unspecified atom stereocenters. The summed E-state index contributed by atoms with van der Waals surface area (Å²) >= 11 is 14.8. The maximum Gasteiger partial charge on any atom is 0.119 e. The maximum absolute atomic E-state index is 6.04. The molecule has 2 rings (SSSR count). The molecule has 0 spiro atoms. The van der Waals surface area contributed by atoms with Crippen LogP contribution in [0.15, 0.2) is 34.1 Å². The number of halogens is 3. The van der Waals surface area contributed by atoms with E-state index >= 15 is 0 Å². The molecular weight excluding hydrogens is 387 g/mol. The van der Waals surface area contributed by atoms with Crippen LogP contribution in [-0.2, 0) is 0 Å². The number of ether oxygens (including phenoxy) is 1. The number of benzene rings is 1. The van der Waals surface area contributed by atoms with Crippen molar-refractivity contribution in [1.82, 2.24) is 0 Å². The zero-order chi connectivity index (χ0) is 12.4. The fourth-order valence-corrected chi connectivity index (χ4v) is 3.90. The van der Waals surface area contributed by atoms with Gasteiger partial charge in [-0.1, -0.05) is 39.7 Å². The minimum absolute atomic E-state index is 0.131. The van der Waals surface area contributed by atoms with Gasteiger partial charge in [0.2, 0.25) is 0 Å². The Bertz CT molecular complexity index is 507. The minimum atomic E-state index is 0.131. The molecule has 5 heteroatoms. The molecule has 1 nitrogen and oxygen atoms in total. The Kier molecular flexibility index (Phi) is 4.53. The molecule has 0 aliphatic carbocycles. The molecule has 0 aliphatic heterocycles. The van der Waals surface area contributed by atoms with E-state index in [1.54, 1.807) is 18.4 Å². The molecule has 0 aliphatic rings. The van der Waals surface area contributed by atoms with E-state index < -0.39 is 0 Å². The molecular formula is C12H9Br2ClOS. The molecule has 1 heterocycles. The van der Waals surface area contributed by atoms with E-state index in [-0.39, 0.29) is 4.83 Å². The molecule has 0 bridgehead atoms. The van der Waals surface area contributed by atoms with Gasteiger partial charge >= 0.3 is 0 Å². The van der Waals surface area contributed by atoms with Crippen molar-refractivity contribution in [1.29, 1.82) is 0 Å². The van der Waals surface area contributed by atoms with Crippen LogP contribution in [-0.4, -0.2) is 7.11 Å². The lowest BCUT2D eigenvalue weighted by molar-refractivity contribution is 0.414. The Morgan fingerprint density at radius 3 is 2.71 bits per heavy atom. The zero-order valence-electron chi connectivity index (χ0n) is 8.91. The van der Waals surface area contributed by atoms with Crippen LogP contribution in [0.1, 0.15) is 15.3 Å². The summed E-state index contributed by atoms with van der Waals surface area (Å²) in [6, 6.07) is 9.95. The molecule has 90 valence electrons. The van der Waals surface area contributed by atoms with E-state index in [0.717, 1.165) is 25.0 Å². The molecule has 0 saturated carbocycles. The SMILES string of the molecule is COc1cccc(C(Br)c2cc(Cl)c(Br)s2)c1. The van der Waals surface area contributed by atoms with Gasteiger partial charge in [0.1, 0.15) is 5.75 Å². The average molecular weight is 397 g/mol. The summed E-state index contributed by atoms with van der Waals surface area (Å²) in [6.45, 7) is 0. The molecule has 1 aromatic heterocycles. The summed E-state index contributed by atoms with van der Waals surface area (Å²) in [5.74, 6) is 0.855. The number of rotatable bonds is 3. The van der Waals surface area contributed by atoms with E-state index in [2.05, 4.69) is 37.9 Å². The number of thiophene rings is 1. The van der Waals surface area contributed by atoms with Gasteiger partial charge in [0.15, 0.2) is 0 Å². The third-order valence-corrected chi connectivity index (χ3v) is 6.17. The Labute approximate surface area is 126 Å². The molecule has 2 aromatic rings. The predicted octanol–water partition coefficient (Wildman–Crippen LogP) is 5.66. The van der Waals surface area contributed by atoms with Crippen molar-refractivity contribution < 1.29 is 4.74 Å². The van der Waals surface area contributed by atoms with Gasteiger partial charge in [0.25, 0.3) is 0 Å². The monoisotopic (exact) mass is 394 g/mol. The molecule has 17 heavy (non-hydrogen) atoms. The lowest BCUT2D eigenvalue weighted by atomic mass is 10.1. The molecule has 1 atom stereocenters. The van der Waals surface area contributed by atoms with Gasteiger partial charge in [-0.05, 0) is 39.7 Å². The smallest absolute Gasteiger partial charge is 0.119 e. The third kappa shape index (κ3) is 3.05.